The van der Waals surface area contributed by atoms with Gasteiger partial charge in [0.25, 0.3) is 0 Å². The van der Waals surface area contributed by atoms with E-state index in [2.05, 4.69) is 44.2 Å². The van der Waals surface area contributed by atoms with E-state index in [-0.39, 0.29) is 5.92 Å². The number of benzene rings is 1. The van der Waals surface area contributed by atoms with Gasteiger partial charge < -0.3 is 4.90 Å². The van der Waals surface area contributed by atoms with Crippen molar-refractivity contribution in [3.8, 4) is 6.07 Å². The first-order chi connectivity index (χ1) is 7.54. The molecule has 0 heterocycles. The van der Waals surface area contributed by atoms with Crippen molar-refractivity contribution < 1.29 is 0 Å². The van der Waals surface area contributed by atoms with E-state index in [1.165, 1.54) is 5.56 Å². The molecule has 0 aromatic heterocycles. The molecule has 1 unspecified atom stereocenters. The third kappa shape index (κ3) is 3.36. The summed E-state index contributed by atoms with van der Waals surface area (Å²) < 4.78 is 0. The van der Waals surface area contributed by atoms with Crippen LogP contribution in [-0.2, 0) is 0 Å². The van der Waals surface area contributed by atoms with Crippen LogP contribution in [0.3, 0.4) is 0 Å². The second kappa shape index (κ2) is 5.67. The van der Waals surface area contributed by atoms with Crippen LogP contribution in [0.4, 0.5) is 0 Å². The summed E-state index contributed by atoms with van der Waals surface area (Å²) in [5.74, 6) is 0.514. The van der Waals surface area contributed by atoms with E-state index in [0.717, 1.165) is 12.1 Å². The van der Waals surface area contributed by atoms with Gasteiger partial charge in [-0.2, -0.15) is 5.26 Å². The van der Waals surface area contributed by atoms with E-state index in [4.69, 9.17) is 5.26 Å². The normalized spacial score (nSPS) is 12.8. The minimum atomic E-state index is -0.0313. The summed E-state index contributed by atoms with van der Waals surface area (Å²) in [6.45, 7) is 5.13. The third-order valence-corrected chi connectivity index (χ3v) is 2.71. The molecule has 0 aliphatic heterocycles. The maximum Gasteiger partial charge on any atom is 0.0839 e. The quantitative estimate of drug-likeness (QED) is 0.773. The Balaban J connectivity index is 2.83. The smallest absolute Gasteiger partial charge is 0.0839 e. The summed E-state index contributed by atoms with van der Waals surface area (Å²) in [6.07, 6.45) is 0. The van der Waals surface area contributed by atoms with E-state index in [9.17, 15) is 0 Å². The van der Waals surface area contributed by atoms with Gasteiger partial charge in [-0.3, -0.25) is 0 Å². The van der Waals surface area contributed by atoms with Crippen molar-refractivity contribution in [3.05, 3.63) is 35.4 Å². The van der Waals surface area contributed by atoms with Crippen LogP contribution in [0.15, 0.2) is 24.3 Å². The van der Waals surface area contributed by atoms with Gasteiger partial charge >= 0.3 is 0 Å². The van der Waals surface area contributed by atoms with Crippen molar-refractivity contribution in [2.75, 3.05) is 20.6 Å². The fraction of sp³-hybridized carbons (Fsp3) is 0.500. The Hall–Kier alpha value is -1.33. The largest absolute Gasteiger partial charge is 0.308 e. The number of nitrogens with zero attached hydrogens (tertiary/aromatic N) is 2. The Morgan fingerprint density at radius 3 is 2.00 bits per heavy atom. The molecule has 86 valence electrons. The molecule has 16 heavy (non-hydrogen) atoms. The highest BCUT2D eigenvalue weighted by Gasteiger charge is 2.11. The molecule has 0 aliphatic rings. The maximum absolute atomic E-state index is 9.13. The first-order valence-electron chi connectivity index (χ1n) is 5.68. The number of hydrogen-bond acceptors (Lipinski definition) is 2. The summed E-state index contributed by atoms with van der Waals surface area (Å²) in [5.41, 5.74) is 2.44. The molecule has 0 radical (unpaired) electrons. The van der Waals surface area contributed by atoms with Gasteiger partial charge in [0.1, 0.15) is 0 Å². The second-order valence-electron chi connectivity index (χ2n) is 4.77. The molecule has 0 aliphatic carbocycles. The van der Waals surface area contributed by atoms with Crippen LogP contribution in [0.2, 0.25) is 0 Å². The van der Waals surface area contributed by atoms with Crippen LogP contribution in [0, 0.1) is 11.3 Å². The first-order valence-corrected chi connectivity index (χ1v) is 5.68. The van der Waals surface area contributed by atoms with E-state index in [1.807, 2.05) is 19.0 Å². The monoisotopic (exact) mass is 216 g/mol. The predicted octanol–water partition coefficient (Wildman–Crippen LogP) is 2.98. The van der Waals surface area contributed by atoms with Crippen LogP contribution in [0.5, 0.6) is 0 Å². The Morgan fingerprint density at radius 2 is 1.62 bits per heavy atom. The Kier molecular flexibility index (Phi) is 4.52. The lowest BCUT2D eigenvalue weighted by atomic mass is 9.96. The molecule has 0 saturated heterocycles. The fourth-order valence-electron chi connectivity index (χ4n) is 1.70. The van der Waals surface area contributed by atoms with E-state index in [1.54, 1.807) is 0 Å². The molecule has 0 fully saturated rings. The van der Waals surface area contributed by atoms with Gasteiger partial charge in [-0.15, -0.1) is 0 Å². The van der Waals surface area contributed by atoms with Crippen molar-refractivity contribution in [2.45, 2.75) is 25.7 Å². The topological polar surface area (TPSA) is 27.0 Å². The summed E-state index contributed by atoms with van der Waals surface area (Å²) in [6, 6.07) is 10.8. The Bertz CT molecular complexity index is 357. The Labute approximate surface area is 98.5 Å². The van der Waals surface area contributed by atoms with Crippen LogP contribution in [0.1, 0.15) is 36.8 Å². The highest BCUT2D eigenvalue weighted by molar-refractivity contribution is 5.30. The lowest BCUT2D eigenvalue weighted by Gasteiger charge is -2.15. The van der Waals surface area contributed by atoms with Crippen molar-refractivity contribution in [2.24, 2.45) is 0 Å². The fourth-order valence-corrected chi connectivity index (χ4v) is 1.70. The molecule has 1 aromatic rings. The second-order valence-corrected chi connectivity index (χ2v) is 4.77. The number of nitriles is 1. The predicted molar refractivity (Wildman–Crippen MR) is 67.4 cm³/mol. The zero-order valence-electron chi connectivity index (χ0n) is 10.6. The number of hydrogen-bond donors (Lipinski definition) is 0. The summed E-state index contributed by atoms with van der Waals surface area (Å²) in [4.78, 5) is 2.05. The van der Waals surface area contributed by atoms with Crippen LogP contribution < -0.4 is 0 Å². The van der Waals surface area contributed by atoms with Crippen molar-refractivity contribution in [1.29, 1.82) is 5.26 Å². The van der Waals surface area contributed by atoms with Gasteiger partial charge in [0.05, 0.1) is 12.0 Å². The zero-order valence-corrected chi connectivity index (χ0v) is 10.6. The molecular weight excluding hydrogens is 196 g/mol. The van der Waals surface area contributed by atoms with Gasteiger partial charge in [-0.25, -0.2) is 0 Å². The molecule has 1 rings (SSSR count). The van der Waals surface area contributed by atoms with Crippen molar-refractivity contribution in [3.63, 3.8) is 0 Å². The van der Waals surface area contributed by atoms with Gasteiger partial charge in [0.15, 0.2) is 0 Å². The third-order valence-electron chi connectivity index (χ3n) is 2.71. The molecule has 0 amide bonds. The first kappa shape index (κ1) is 12.7. The molecule has 1 atom stereocenters. The SMILES string of the molecule is CC(C)c1ccc(C(C#N)CN(C)C)cc1. The number of rotatable bonds is 4. The molecule has 0 spiro atoms. The molecular formula is C14H20N2. The minimum absolute atomic E-state index is 0.0313. The van der Waals surface area contributed by atoms with Gasteiger partial charge in [0.2, 0.25) is 0 Å². The zero-order chi connectivity index (χ0) is 12.1. The maximum atomic E-state index is 9.13. The lowest BCUT2D eigenvalue weighted by Crippen LogP contribution is -2.19. The van der Waals surface area contributed by atoms with Crippen molar-refractivity contribution in [1.82, 2.24) is 4.90 Å². The van der Waals surface area contributed by atoms with Crippen LogP contribution in [-0.4, -0.2) is 25.5 Å². The highest BCUT2D eigenvalue weighted by atomic mass is 15.1. The van der Waals surface area contributed by atoms with E-state index < -0.39 is 0 Å². The van der Waals surface area contributed by atoms with Crippen LogP contribution in [0.25, 0.3) is 0 Å². The molecule has 0 N–H and O–H groups in total. The Morgan fingerprint density at radius 1 is 1.12 bits per heavy atom. The van der Waals surface area contributed by atoms with E-state index >= 15 is 0 Å². The van der Waals surface area contributed by atoms with Gasteiger partial charge in [0, 0.05) is 6.54 Å². The summed E-state index contributed by atoms with van der Waals surface area (Å²) in [7, 11) is 3.99. The lowest BCUT2D eigenvalue weighted by molar-refractivity contribution is 0.398. The van der Waals surface area contributed by atoms with E-state index in [0.29, 0.717) is 5.92 Å². The van der Waals surface area contributed by atoms with Gasteiger partial charge in [-0.05, 0) is 31.1 Å². The summed E-state index contributed by atoms with van der Waals surface area (Å²) in [5, 5.41) is 9.13. The molecule has 1 aromatic carbocycles. The minimum Gasteiger partial charge on any atom is -0.308 e. The molecule has 2 nitrogen and oxygen atoms in total. The van der Waals surface area contributed by atoms with Crippen molar-refractivity contribution >= 4 is 0 Å². The highest BCUT2D eigenvalue weighted by Crippen LogP contribution is 2.20. The average Bonchev–Trinajstić information content (AvgIpc) is 2.25. The standard InChI is InChI=1S/C14H20N2/c1-11(2)12-5-7-13(8-6-12)14(9-15)10-16(3)4/h5-8,11,14H,10H2,1-4H3. The van der Waals surface area contributed by atoms with Crippen LogP contribution >= 0.6 is 0 Å². The number of likely N-dealkylation sites (N-methyl/N-ethyl adjacent to an activating group) is 1. The molecule has 0 bridgehead atoms. The summed E-state index contributed by atoms with van der Waals surface area (Å²) >= 11 is 0. The van der Waals surface area contributed by atoms with Gasteiger partial charge in [-0.1, -0.05) is 38.1 Å². The molecule has 0 saturated carbocycles. The molecule has 2 heteroatoms. The average molecular weight is 216 g/mol.